The fourth-order valence-electron chi connectivity index (χ4n) is 7.67. The van der Waals surface area contributed by atoms with Crippen LogP contribution in [0.1, 0.15) is 62.1 Å². The van der Waals surface area contributed by atoms with Crippen molar-refractivity contribution in [3.63, 3.8) is 0 Å². The van der Waals surface area contributed by atoms with E-state index in [1.54, 1.807) is 0 Å². The Morgan fingerprint density at radius 3 is 0.702 bits per heavy atom. The molecule has 0 saturated carbocycles. The van der Waals surface area contributed by atoms with E-state index in [9.17, 15) is 59.4 Å². The normalized spacial score (nSPS) is 11.2. The third-order valence-corrected chi connectivity index (χ3v) is 9.85. The van der Waals surface area contributed by atoms with Crippen molar-refractivity contribution in [3.8, 4) is 66.8 Å². The Labute approximate surface area is 320 Å². The van der Waals surface area contributed by atoms with Gasteiger partial charge in [-0.2, -0.15) is 0 Å². The fourth-order valence-corrected chi connectivity index (χ4v) is 7.67. The molecule has 0 amide bonds. The summed E-state index contributed by atoms with van der Waals surface area (Å²) in [6, 6.07) is 22.2. The maximum absolute atomic E-state index is 12.8. The van der Waals surface area contributed by atoms with Crippen molar-refractivity contribution < 1.29 is 59.4 Å². The molecule has 15 heteroatoms. The van der Waals surface area contributed by atoms with Crippen LogP contribution in [0.5, 0.6) is 0 Å². The number of anilines is 3. The maximum atomic E-state index is 12.8. The average Bonchev–Trinajstić information content (AvgIpc) is 3.43. The molecule has 0 heterocycles. The van der Waals surface area contributed by atoms with Crippen LogP contribution in [-0.4, -0.2) is 66.5 Å². The molecule has 7 rings (SSSR count). The Bertz CT molecular complexity index is 2540. The van der Waals surface area contributed by atoms with E-state index < -0.39 is 86.3 Å². The Morgan fingerprint density at radius 1 is 0.316 bits per heavy atom. The Hall–Kier alpha value is -8.46. The van der Waals surface area contributed by atoms with Gasteiger partial charge in [-0.1, -0.05) is 72.8 Å². The van der Waals surface area contributed by atoms with Crippen molar-refractivity contribution in [1.29, 1.82) is 0 Å². The van der Waals surface area contributed by atoms with E-state index in [-0.39, 0.29) is 66.8 Å². The summed E-state index contributed by atoms with van der Waals surface area (Å²) in [6.45, 7) is 0. The lowest BCUT2D eigenvalue weighted by molar-refractivity contribution is 0.0682. The Morgan fingerprint density at radius 2 is 0.509 bits per heavy atom. The van der Waals surface area contributed by atoms with Crippen molar-refractivity contribution in [2.75, 3.05) is 17.2 Å². The van der Waals surface area contributed by atoms with Crippen LogP contribution >= 0.6 is 0 Å². The highest BCUT2D eigenvalue weighted by Gasteiger charge is 2.35. The number of hydrogen-bond acceptors (Lipinski definition) is 9. The van der Waals surface area contributed by atoms with Gasteiger partial charge in [0.05, 0.1) is 50.4 Å². The quantitative estimate of drug-likeness (QED) is 0.0719. The number of benzene rings is 1. The smallest absolute Gasteiger partial charge is 0.338 e. The maximum Gasteiger partial charge on any atom is 0.338 e. The number of nitrogen functional groups attached to an aromatic ring is 3. The zero-order valence-corrected chi connectivity index (χ0v) is 29.0. The number of carboxylic acid groups (broad SMARTS) is 6. The molecule has 0 aliphatic heterocycles. The second-order valence-corrected chi connectivity index (χ2v) is 12.9. The Kier molecular flexibility index (Phi) is 8.69. The predicted molar refractivity (Wildman–Crippen MR) is 208 cm³/mol. The molecule has 0 aromatic heterocycles. The van der Waals surface area contributed by atoms with E-state index in [2.05, 4.69) is 0 Å². The van der Waals surface area contributed by atoms with E-state index in [0.717, 1.165) is 0 Å². The van der Waals surface area contributed by atoms with Crippen molar-refractivity contribution >= 4 is 52.9 Å². The van der Waals surface area contributed by atoms with Gasteiger partial charge in [0.2, 0.25) is 0 Å². The molecule has 57 heavy (non-hydrogen) atoms. The van der Waals surface area contributed by atoms with Gasteiger partial charge in [-0.15, -0.1) is 0 Å². The summed E-state index contributed by atoms with van der Waals surface area (Å²) in [7, 11) is 0. The highest BCUT2D eigenvalue weighted by molar-refractivity contribution is 6.20. The molecule has 0 fully saturated rings. The fraction of sp³-hybridized carbons (Fsp3) is 0. The average molecular weight is 766 g/mol. The standard InChI is InChI=1S/C42H27N3O12/c43-34-28(37(46)47)22-10-4-1-7-19(25(22)31(34)40(52)53)16-13-17(20-8-2-5-11-23-26(20)32(41(54)55)35(44)29(23)38(48)49)15-18(14-16)21-9-3-6-12-24-27(21)33(42(56)57)36(45)30(24)39(50)51/h1-15H,43-45H2,(H,46,47)(H,48,49)(H,50,51)(H,52,53)(H,54,55)(H,56,57). The lowest BCUT2D eigenvalue weighted by Crippen LogP contribution is -2.04. The zero-order chi connectivity index (χ0) is 41.2. The molecule has 12 N–H and O–H groups in total. The SMILES string of the molecule is Nc1c(C(=O)O)c2ccccc(-c3cc(-c4ccccc5c(C(=O)O)c(N)c(C(=O)O)c4-5)cc(-c4ccccc5c(C(=O)O)c(N)c(C(=O)O)c4-5)c3)c-2c1C(=O)O. The first-order chi connectivity index (χ1) is 27.1. The molecular formula is C42H27N3O12. The number of rotatable bonds is 9. The second-order valence-electron chi connectivity index (χ2n) is 12.9. The molecule has 6 aliphatic carbocycles. The van der Waals surface area contributed by atoms with Crippen molar-refractivity contribution in [2.45, 2.75) is 0 Å². The summed E-state index contributed by atoms with van der Waals surface area (Å²) in [5.74, 6) is -9.11. The van der Waals surface area contributed by atoms with Gasteiger partial charge in [0.1, 0.15) is 0 Å². The first-order valence-corrected chi connectivity index (χ1v) is 16.6. The molecule has 0 unspecified atom stereocenters. The minimum Gasteiger partial charge on any atom is -0.478 e. The molecular weight excluding hydrogens is 738 g/mol. The van der Waals surface area contributed by atoms with Gasteiger partial charge < -0.3 is 47.8 Å². The summed E-state index contributed by atoms with van der Waals surface area (Å²) in [5.41, 5.74) is 14.6. The van der Waals surface area contributed by atoms with Gasteiger partial charge in [-0.25, -0.2) is 28.8 Å². The third-order valence-electron chi connectivity index (χ3n) is 9.85. The molecule has 15 nitrogen and oxygen atoms in total. The topological polar surface area (TPSA) is 302 Å². The van der Waals surface area contributed by atoms with Gasteiger partial charge >= 0.3 is 35.8 Å². The summed E-state index contributed by atoms with van der Waals surface area (Å²) < 4.78 is 0. The Balaban J connectivity index is 1.69. The molecule has 282 valence electrons. The highest BCUT2D eigenvalue weighted by atomic mass is 16.4. The van der Waals surface area contributed by atoms with Crippen LogP contribution in [0.3, 0.4) is 0 Å². The van der Waals surface area contributed by atoms with Gasteiger partial charge in [0.25, 0.3) is 0 Å². The molecule has 6 aliphatic rings. The van der Waals surface area contributed by atoms with E-state index in [0.29, 0.717) is 0 Å². The van der Waals surface area contributed by atoms with Crippen LogP contribution in [-0.2, 0) is 0 Å². The molecule has 1 aromatic carbocycles. The van der Waals surface area contributed by atoms with E-state index in [1.165, 1.54) is 91.0 Å². The van der Waals surface area contributed by atoms with Crippen molar-refractivity contribution in [2.24, 2.45) is 0 Å². The van der Waals surface area contributed by atoms with Crippen LogP contribution in [0.15, 0.2) is 91.0 Å². The zero-order valence-electron chi connectivity index (χ0n) is 29.0. The first-order valence-electron chi connectivity index (χ1n) is 16.6. The summed E-state index contributed by atoms with van der Waals surface area (Å²) in [5, 5.41) is 61.5. The van der Waals surface area contributed by atoms with E-state index in [1.807, 2.05) is 0 Å². The second kappa shape index (κ2) is 13.4. The molecule has 0 spiro atoms. The van der Waals surface area contributed by atoms with Crippen molar-refractivity contribution in [3.05, 3.63) is 124 Å². The molecule has 1 aromatic rings. The molecule has 0 atom stereocenters. The van der Waals surface area contributed by atoms with Gasteiger partial charge in [0.15, 0.2) is 0 Å². The minimum atomic E-state index is -1.54. The first kappa shape index (κ1) is 36.9. The highest BCUT2D eigenvalue weighted by Crippen LogP contribution is 2.50. The lowest BCUT2D eigenvalue weighted by atomic mass is 9.87. The molecule has 0 radical (unpaired) electrons. The predicted octanol–water partition coefficient (Wildman–Crippen LogP) is 6.94. The molecule has 0 saturated heterocycles. The van der Waals surface area contributed by atoms with Crippen LogP contribution in [0.25, 0.3) is 66.8 Å². The van der Waals surface area contributed by atoms with Crippen LogP contribution in [0.4, 0.5) is 17.1 Å². The monoisotopic (exact) mass is 765 g/mol. The summed E-state index contributed by atoms with van der Waals surface area (Å²) in [4.78, 5) is 75.7. The summed E-state index contributed by atoms with van der Waals surface area (Å²) in [6.07, 6.45) is 0. The van der Waals surface area contributed by atoms with Crippen LogP contribution in [0, 0.1) is 0 Å². The molecule has 0 bridgehead atoms. The van der Waals surface area contributed by atoms with Crippen molar-refractivity contribution in [1.82, 2.24) is 0 Å². The van der Waals surface area contributed by atoms with Crippen LogP contribution in [0.2, 0.25) is 0 Å². The van der Waals surface area contributed by atoms with E-state index >= 15 is 0 Å². The van der Waals surface area contributed by atoms with Crippen LogP contribution < -0.4 is 17.2 Å². The third kappa shape index (κ3) is 5.61. The lowest BCUT2D eigenvalue weighted by Gasteiger charge is -2.16. The number of nitrogens with two attached hydrogens (primary N) is 3. The number of carboxylic acids is 6. The van der Waals surface area contributed by atoms with E-state index in [4.69, 9.17) is 17.2 Å². The number of fused-ring (bicyclic) bond motifs is 3. The summed E-state index contributed by atoms with van der Waals surface area (Å²) >= 11 is 0. The van der Waals surface area contributed by atoms with Gasteiger partial charge in [0, 0.05) is 16.7 Å². The van der Waals surface area contributed by atoms with Gasteiger partial charge in [-0.05, 0) is 68.3 Å². The number of hydrogen-bond donors (Lipinski definition) is 9. The number of aromatic carboxylic acids is 6. The minimum absolute atomic E-state index is 0.0301. The van der Waals surface area contributed by atoms with Gasteiger partial charge in [-0.3, -0.25) is 0 Å². The largest absolute Gasteiger partial charge is 0.478 e. The number of carbonyl (C=O) groups is 6.